The van der Waals surface area contributed by atoms with Gasteiger partial charge in [0.25, 0.3) is 11.8 Å². The third-order valence-electron chi connectivity index (χ3n) is 7.08. The van der Waals surface area contributed by atoms with Gasteiger partial charge in [0, 0.05) is 54.9 Å². The van der Waals surface area contributed by atoms with E-state index in [0.717, 1.165) is 49.3 Å². The maximum Gasteiger partial charge on any atom is 0.256 e. The molecule has 1 aliphatic heterocycles. The Hall–Kier alpha value is -3.39. The molecule has 0 unspecified atom stereocenters. The highest BCUT2D eigenvalue weighted by Gasteiger charge is 2.18. The van der Waals surface area contributed by atoms with Crippen molar-refractivity contribution in [3.8, 4) is 0 Å². The SMILES string of the molecule is CN1CCN(c2ccc(C(=O)Nc3n[nH]c4ccc(C(=O)NCC5CCCC5)cc34)cc2)CC1. The molecule has 8 heteroatoms. The van der Waals surface area contributed by atoms with Crippen molar-refractivity contribution in [3.05, 3.63) is 53.6 Å². The summed E-state index contributed by atoms with van der Waals surface area (Å²) in [6, 6.07) is 13.1. The van der Waals surface area contributed by atoms with E-state index >= 15 is 0 Å². The fraction of sp³-hybridized carbons (Fsp3) is 0.423. The highest BCUT2D eigenvalue weighted by atomic mass is 16.2. The van der Waals surface area contributed by atoms with E-state index in [0.29, 0.717) is 22.9 Å². The number of carbonyl (C=O) groups is 2. The van der Waals surface area contributed by atoms with Crippen molar-refractivity contribution in [2.45, 2.75) is 25.7 Å². The molecule has 2 fully saturated rings. The number of nitrogens with zero attached hydrogens (tertiary/aromatic N) is 3. The minimum atomic E-state index is -0.227. The Bertz CT molecular complexity index is 1160. The molecule has 1 aliphatic carbocycles. The van der Waals surface area contributed by atoms with Crippen molar-refractivity contribution in [1.82, 2.24) is 20.4 Å². The monoisotopic (exact) mass is 460 g/mol. The number of nitrogens with one attached hydrogen (secondary N) is 3. The van der Waals surface area contributed by atoms with Gasteiger partial charge < -0.3 is 20.4 Å². The summed E-state index contributed by atoms with van der Waals surface area (Å²) < 4.78 is 0. The minimum absolute atomic E-state index is 0.0910. The summed E-state index contributed by atoms with van der Waals surface area (Å²) in [4.78, 5) is 30.2. The standard InChI is InChI=1S/C26H32N6O2/c1-31-12-14-32(15-13-31)21-9-6-19(7-10-21)26(34)28-24-22-16-20(8-11-23(22)29-30-24)25(33)27-17-18-4-2-3-5-18/h6-11,16,18H,2-5,12-15,17H2,1H3,(H,27,33)(H2,28,29,30,34). The molecule has 0 radical (unpaired) electrons. The van der Waals surface area contributed by atoms with E-state index in [2.05, 4.69) is 37.7 Å². The van der Waals surface area contributed by atoms with Gasteiger partial charge in [0.15, 0.2) is 5.82 Å². The number of hydrogen-bond acceptors (Lipinski definition) is 5. The molecule has 1 saturated heterocycles. The van der Waals surface area contributed by atoms with Crippen molar-refractivity contribution in [2.24, 2.45) is 5.92 Å². The molecule has 34 heavy (non-hydrogen) atoms. The van der Waals surface area contributed by atoms with Crippen LogP contribution < -0.4 is 15.5 Å². The van der Waals surface area contributed by atoms with Crippen LogP contribution in [-0.4, -0.2) is 66.7 Å². The van der Waals surface area contributed by atoms with Crippen LogP contribution in [0, 0.1) is 5.92 Å². The zero-order valence-electron chi connectivity index (χ0n) is 19.6. The Morgan fingerprint density at radius 1 is 0.971 bits per heavy atom. The lowest BCUT2D eigenvalue weighted by atomic mass is 10.1. The number of amides is 2. The summed E-state index contributed by atoms with van der Waals surface area (Å²) in [6.07, 6.45) is 4.88. The second kappa shape index (κ2) is 9.85. The van der Waals surface area contributed by atoms with Crippen LogP contribution in [0.4, 0.5) is 11.5 Å². The quantitative estimate of drug-likeness (QED) is 0.524. The van der Waals surface area contributed by atoms with Crippen LogP contribution in [0.5, 0.6) is 0 Å². The molecular formula is C26H32N6O2. The van der Waals surface area contributed by atoms with E-state index in [-0.39, 0.29) is 11.8 Å². The largest absolute Gasteiger partial charge is 0.369 e. The van der Waals surface area contributed by atoms with Crippen LogP contribution in [0.3, 0.4) is 0 Å². The van der Waals surface area contributed by atoms with E-state index in [9.17, 15) is 9.59 Å². The number of carbonyl (C=O) groups excluding carboxylic acids is 2. The van der Waals surface area contributed by atoms with E-state index in [1.807, 2.05) is 30.3 Å². The Kier molecular flexibility index (Phi) is 6.49. The predicted molar refractivity (Wildman–Crippen MR) is 134 cm³/mol. The minimum Gasteiger partial charge on any atom is -0.369 e. The molecule has 8 nitrogen and oxygen atoms in total. The van der Waals surface area contributed by atoms with Crippen molar-refractivity contribution >= 4 is 34.2 Å². The van der Waals surface area contributed by atoms with Gasteiger partial charge in [0.05, 0.1) is 5.52 Å². The number of aromatic amines is 1. The lowest BCUT2D eigenvalue weighted by Gasteiger charge is -2.34. The highest BCUT2D eigenvalue weighted by Crippen LogP contribution is 2.25. The first kappa shape index (κ1) is 22.4. The summed E-state index contributed by atoms with van der Waals surface area (Å²) in [6.45, 7) is 4.76. The average molecular weight is 461 g/mol. The maximum atomic E-state index is 12.9. The van der Waals surface area contributed by atoms with Crippen LogP contribution in [-0.2, 0) is 0 Å². The fourth-order valence-corrected chi connectivity index (χ4v) is 4.87. The van der Waals surface area contributed by atoms with Crippen LogP contribution in [0.15, 0.2) is 42.5 Å². The number of fused-ring (bicyclic) bond motifs is 1. The summed E-state index contributed by atoms with van der Waals surface area (Å²) in [7, 11) is 2.13. The first-order chi connectivity index (χ1) is 16.6. The van der Waals surface area contributed by atoms with E-state index in [1.54, 1.807) is 12.1 Å². The zero-order chi connectivity index (χ0) is 23.5. The van der Waals surface area contributed by atoms with Gasteiger partial charge in [-0.1, -0.05) is 12.8 Å². The van der Waals surface area contributed by atoms with Crippen LogP contribution in [0.2, 0.25) is 0 Å². The molecule has 3 aromatic rings. The molecule has 2 heterocycles. The zero-order valence-corrected chi connectivity index (χ0v) is 19.6. The summed E-state index contributed by atoms with van der Waals surface area (Å²) >= 11 is 0. The number of H-pyrrole nitrogens is 1. The van der Waals surface area contributed by atoms with Gasteiger partial charge in [-0.15, -0.1) is 0 Å². The fourth-order valence-electron chi connectivity index (χ4n) is 4.87. The maximum absolute atomic E-state index is 12.9. The number of aromatic nitrogens is 2. The van der Waals surface area contributed by atoms with Gasteiger partial charge in [-0.3, -0.25) is 14.7 Å². The second-order valence-electron chi connectivity index (χ2n) is 9.48. The molecule has 1 aromatic heterocycles. The number of rotatable bonds is 6. The molecule has 2 amide bonds. The molecule has 2 aromatic carbocycles. The van der Waals surface area contributed by atoms with Crippen molar-refractivity contribution < 1.29 is 9.59 Å². The first-order valence-corrected chi connectivity index (χ1v) is 12.2. The van der Waals surface area contributed by atoms with Crippen molar-refractivity contribution in [2.75, 3.05) is 50.0 Å². The van der Waals surface area contributed by atoms with Gasteiger partial charge in [-0.25, -0.2) is 0 Å². The molecular weight excluding hydrogens is 428 g/mol. The van der Waals surface area contributed by atoms with Gasteiger partial charge in [0.2, 0.25) is 0 Å². The predicted octanol–water partition coefficient (Wildman–Crippen LogP) is 3.49. The molecule has 3 N–H and O–H groups in total. The molecule has 2 aliphatic rings. The molecule has 178 valence electrons. The number of likely N-dealkylation sites (N-methyl/N-ethyl adjacent to an activating group) is 1. The molecule has 5 rings (SSSR count). The Balaban J connectivity index is 1.25. The number of benzene rings is 2. The third-order valence-corrected chi connectivity index (χ3v) is 7.08. The number of hydrogen-bond donors (Lipinski definition) is 3. The van der Waals surface area contributed by atoms with Crippen LogP contribution in [0.1, 0.15) is 46.4 Å². The summed E-state index contributed by atoms with van der Waals surface area (Å²) in [5.41, 5.74) is 3.04. The number of piperazine rings is 1. The normalized spacial score (nSPS) is 17.3. The van der Waals surface area contributed by atoms with E-state index < -0.39 is 0 Å². The van der Waals surface area contributed by atoms with Crippen LogP contribution >= 0.6 is 0 Å². The summed E-state index contributed by atoms with van der Waals surface area (Å²) in [5.74, 6) is 0.689. The van der Waals surface area contributed by atoms with Gasteiger partial charge in [-0.05, 0) is 68.3 Å². The lowest BCUT2D eigenvalue weighted by molar-refractivity contribution is 0.0947. The van der Waals surface area contributed by atoms with Gasteiger partial charge in [-0.2, -0.15) is 5.10 Å². The molecule has 0 bridgehead atoms. The average Bonchev–Trinajstić information content (AvgIpc) is 3.53. The molecule has 1 saturated carbocycles. The molecule has 0 spiro atoms. The summed E-state index contributed by atoms with van der Waals surface area (Å²) in [5, 5.41) is 13.9. The smallest absolute Gasteiger partial charge is 0.256 e. The van der Waals surface area contributed by atoms with Gasteiger partial charge in [0.1, 0.15) is 0 Å². The molecule has 0 atom stereocenters. The van der Waals surface area contributed by atoms with Crippen molar-refractivity contribution in [1.29, 1.82) is 0 Å². The second-order valence-corrected chi connectivity index (χ2v) is 9.48. The third kappa shape index (κ3) is 4.92. The van der Waals surface area contributed by atoms with E-state index in [1.165, 1.54) is 25.7 Å². The Morgan fingerprint density at radius 2 is 1.68 bits per heavy atom. The van der Waals surface area contributed by atoms with Gasteiger partial charge >= 0.3 is 0 Å². The number of anilines is 2. The topological polar surface area (TPSA) is 93.4 Å². The Morgan fingerprint density at radius 3 is 2.41 bits per heavy atom. The Labute approximate surface area is 199 Å². The first-order valence-electron chi connectivity index (χ1n) is 12.2. The van der Waals surface area contributed by atoms with E-state index in [4.69, 9.17) is 0 Å². The van der Waals surface area contributed by atoms with Crippen LogP contribution in [0.25, 0.3) is 10.9 Å². The van der Waals surface area contributed by atoms with Crippen molar-refractivity contribution in [3.63, 3.8) is 0 Å². The highest BCUT2D eigenvalue weighted by molar-refractivity contribution is 6.09. The lowest BCUT2D eigenvalue weighted by Crippen LogP contribution is -2.44.